The summed E-state index contributed by atoms with van der Waals surface area (Å²) in [6, 6.07) is 13.5. The number of piperazine rings is 1. The van der Waals surface area contributed by atoms with Crippen LogP contribution in [0.25, 0.3) is 0 Å². The Morgan fingerprint density at radius 3 is 2.35 bits per heavy atom. The third kappa shape index (κ3) is 5.01. The molecule has 7 heteroatoms. The minimum atomic E-state index is 0.642. The lowest BCUT2D eigenvalue weighted by Gasteiger charge is -2.36. The van der Waals surface area contributed by atoms with Crippen LogP contribution in [0.15, 0.2) is 42.5 Å². The van der Waals surface area contributed by atoms with Crippen LogP contribution in [-0.2, 0) is 6.54 Å². The molecule has 0 spiro atoms. The van der Waals surface area contributed by atoms with Crippen molar-refractivity contribution in [2.75, 3.05) is 38.6 Å². The van der Waals surface area contributed by atoms with Crippen LogP contribution in [0.3, 0.4) is 0 Å². The van der Waals surface area contributed by atoms with Crippen LogP contribution in [0.2, 0.25) is 10.0 Å². The third-order valence-corrected chi connectivity index (χ3v) is 5.23. The summed E-state index contributed by atoms with van der Waals surface area (Å²) in [5, 5.41) is 5.36. The molecular formula is C19H21Cl2N3OS. The van der Waals surface area contributed by atoms with Crippen molar-refractivity contribution in [3.63, 3.8) is 0 Å². The standard InChI is InChI=1S/C19H21Cl2N3OS/c1-25-18-7-6-16(21)12-17(18)22-19(26)24-10-8-23(9-11-24)13-14-2-4-15(20)5-3-14/h2-7,12H,8-11,13H2,1H3,(H,22,26). The summed E-state index contributed by atoms with van der Waals surface area (Å²) in [5.41, 5.74) is 2.06. The van der Waals surface area contributed by atoms with Gasteiger partial charge in [0, 0.05) is 42.8 Å². The van der Waals surface area contributed by atoms with Crippen LogP contribution in [0, 0.1) is 0 Å². The van der Waals surface area contributed by atoms with Crippen LogP contribution in [0.1, 0.15) is 5.56 Å². The van der Waals surface area contributed by atoms with Crippen LogP contribution >= 0.6 is 35.4 Å². The predicted octanol–water partition coefficient (Wildman–Crippen LogP) is 4.52. The van der Waals surface area contributed by atoms with Gasteiger partial charge in [-0.15, -0.1) is 0 Å². The highest BCUT2D eigenvalue weighted by molar-refractivity contribution is 7.80. The highest BCUT2D eigenvalue weighted by Gasteiger charge is 2.19. The molecule has 2 aromatic carbocycles. The number of anilines is 1. The zero-order chi connectivity index (χ0) is 18.5. The molecule has 1 aliphatic rings. The van der Waals surface area contributed by atoms with Gasteiger partial charge >= 0.3 is 0 Å². The molecule has 0 saturated carbocycles. The second-order valence-electron chi connectivity index (χ2n) is 6.16. The molecule has 26 heavy (non-hydrogen) atoms. The molecule has 3 rings (SSSR count). The summed E-state index contributed by atoms with van der Waals surface area (Å²) < 4.78 is 5.36. The molecule has 0 aromatic heterocycles. The molecule has 0 atom stereocenters. The van der Waals surface area contributed by atoms with Gasteiger partial charge < -0.3 is 15.0 Å². The lowest BCUT2D eigenvalue weighted by molar-refractivity contribution is 0.177. The highest BCUT2D eigenvalue weighted by atomic mass is 35.5. The Hall–Kier alpha value is -1.53. The van der Waals surface area contributed by atoms with Gasteiger partial charge in [-0.2, -0.15) is 0 Å². The number of hydrogen-bond acceptors (Lipinski definition) is 3. The number of ether oxygens (including phenoxy) is 1. The van der Waals surface area contributed by atoms with Crippen molar-refractivity contribution in [3.8, 4) is 5.75 Å². The van der Waals surface area contributed by atoms with E-state index in [9.17, 15) is 0 Å². The number of nitrogens with zero attached hydrogens (tertiary/aromatic N) is 2. The molecule has 138 valence electrons. The van der Waals surface area contributed by atoms with Gasteiger partial charge in [0.25, 0.3) is 0 Å². The quantitative estimate of drug-likeness (QED) is 0.749. The lowest BCUT2D eigenvalue weighted by Crippen LogP contribution is -2.49. The van der Waals surface area contributed by atoms with E-state index in [2.05, 4.69) is 27.2 Å². The number of halogens is 2. The fourth-order valence-electron chi connectivity index (χ4n) is 2.93. The third-order valence-electron chi connectivity index (χ3n) is 4.38. The molecule has 0 aliphatic carbocycles. The lowest BCUT2D eigenvalue weighted by atomic mass is 10.2. The summed E-state index contributed by atoms with van der Waals surface area (Å²) in [4.78, 5) is 4.59. The van der Waals surface area contributed by atoms with Gasteiger partial charge in [-0.05, 0) is 48.1 Å². The zero-order valence-corrected chi connectivity index (χ0v) is 16.9. The first kappa shape index (κ1) is 19.2. The first-order valence-electron chi connectivity index (χ1n) is 8.41. The second kappa shape index (κ2) is 8.91. The van der Waals surface area contributed by atoms with Crippen molar-refractivity contribution in [1.82, 2.24) is 9.80 Å². The Kier molecular flexibility index (Phi) is 6.59. The van der Waals surface area contributed by atoms with E-state index in [-0.39, 0.29) is 0 Å². The summed E-state index contributed by atoms with van der Waals surface area (Å²) in [6.45, 7) is 4.59. The van der Waals surface area contributed by atoms with Crippen molar-refractivity contribution in [3.05, 3.63) is 58.1 Å². The summed E-state index contributed by atoms with van der Waals surface area (Å²) in [7, 11) is 1.63. The molecule has 1 saturated heterocycles. The Bertz CT molecular complexity index is 762. The summed E-state index contributed by atoms with van der Waals surface area (Å²) in [5.74, 6) is 0.720. The topological polar surface area (TPSA) is 27.7 Å². The molecular weight excluding hydrogens is 389 g/mol. The first-order chi connectivity index (χ1) is 12.5. The Morgan fingerprint density at radius 1 is 1.04 bits per heavy atom. The maximum Gasteiger partial charge on any atom is 0.173 e. The average molecular weight is 410 g/mol. The van der Waals surface area contributed by atoms with E-state index in [4.69, 9.17) is 40.2 Å². The molecule has 0 unspecified atom stereocenters. The monoisotopic (exact) mass is 409 g/mol. The Labute approximate surface area is 169 Å². The van der Waals surface area contributed by atoms with E-state index in [1.54, 1.807) is 13.2 Å². The average Bonchev–Trinajstić information content (AvgIpc) is 2.64. The first-order valence-corrected chi connectivity index (χ1v) is 9.58. The van der Waals surface area contributed by atoms with Gasteiger partial charge in [0.05, 0.1) is 12.8 Å². The van der Waals surface area contributed by atoms with Crippen LogP contribution in [0.4, 0.5) is 5.69 Å². The molecule has 1 N–H and O–H groups in total. The number of nitrogens with one attached hydrogen (secondary N) is 1. The molecule has 1 aliphatic heterocycles. The molecule has 2 aromatic rings. The smallest absolute Gasteiger partial charge is 0.173 e. The van der Waals surface area contributed by atoms with Crippen LogP contribution < -0.4 is 10.1 Å². The Morgan fingerprint density at radius 2 is 1.69 bits per heavy atom. The van der Waals surface area contributed by atoms with Gasteiger partial charge in [-0.1, -0.05) is 35.3 Å². The maximum atomic E-state index is 6.08. The van der Waals surface area contributed by atoms with Crippen molar-refractivity contribution >= 4 is 46.2 Å². The van der Waals surface area contributed by atoms with Gasteiger partial charge in [0.1, 0.15) is 5.75 Å². The van der Waals surface area contributed by atoms with E-state index >= 15 is 0 Å². The SMILES string of the molecule is COc1ccc(Cl)cc1NC(=S)N1CCN(Cc2ccc(Cl)cc2)CC1. The summed E-state index contributed by atoms with van der Waals surface area (Å²) >= 11 is 17.6. The number of rotatable bonds is 4. The van der Waals surface area contributed by atoms with E-state index in [0.29, 0.717) is 10.1 Å². The van der Waals surface area contributed by atoms with Crippen molar-refractivity contribution < 1.29 is 4.74 Å². The highest BCUT2D eigenvalue weighted by Crippen LogP contribution is 2.28. The van der Waals surface area contributed by atoms with Crippen molar-refractivity contribution in [2.45, 2.75) is 6.54 Å². The molecule has 4 nitrogen and oxygen atoms in total. The molecule has 0 bridgehead atoms. The fraction of sp³-hybridized carbons (Fsp3) is 0.316. The maximum absolute atomic E-state index is 6.08. The second-order valence-corrected chi connectivity index (χ2v) is 7.42. The minimum Gasteiger partial charge on any atom is -0.495 e. The molecule has 0 amide bonds. The van der Waals surface area contributed by atoms with Gasteiger partial charge in [-0.25, -0.2) is 0 Å². The number of thiocarbonyl (C=S) groups is 1. The van der Waals surface area contributed by atoms with Crippen LogP contribution in [0.5, 0.6) is 5.75 Å². The molecule has 1 heterocycles. The van der Waals surface area contributed by atoms with Crippen molar-refractivity contribution in [1.29, 1.82) is 0 Å². The van der Waals surface area contributed by atoms with E-state index in [1.165, 1.54) is 5.56 Å². The van der Waals surface area contributed by atoms with E-state index in [1.807, 2.05) is 24.3 Å². The van der Waals surface area contributed by atoms with Crippen molar-refractivity contribution in [2.24, 2.45) is 0 Å². The molecule has 0 radical (unpaired) electrons. The number of hydrogen-bond donors (Lipinski definition) is 1. The van der Waals surface area contributed by atoms with Gasteiger partial charge in [0.2, 0.25) is 0 Å². The zero-order valence-electron chi connectivity index (χ0n) is 14.5. The van der Waals surface area contributed by atoms with E-state index in [0.717, 1.165) is 49.2 Å². The summed E-state index contributed by atoms with van der Waals surface area (Å²) in [6.07, 6.45) is 0. The normalized spacial score (nSPS) is 15.0. The van der Waals surface area contributed by atoms with Gasteiger partial charge in [0.15, 0.2) is 5.11 Å². The Balaban J connectivity index is 1.53. The van der Waals surface area contributed by atoms with Crippen LogP contribution in [-0.4, -0.2) is 48.2 Å². The van der Waals surface area contributed by atoms with E-state index < -0.39 is 0 Å². The minimum absolute atomic E-state index is 0.642. The predicted molar refractivity (Wildman–Crippen MR) is 113 cm³/mol. The molecule has 1 fully saturated rings. The largest absolute Gasteiger partial charge is 0.495 e. The fourth-order valence-corrected chi connectivity index (χ4v) is 3.52. The van der Waals surface area contributed by atoms with Gasteiger partial charge in [-0.3, -0.25) is 4.90 Å². The number of benzene rings is 2. The number of methoxy groups -OCH3 is 1.